The molecule has 0 fully saturated rings. The summed E-state index contributed by atoms with van der Waals surface area (Å²) >= 11 is 11.7. The number of carbonyl (C=O) groups is 1. The van der Waals surface area contributed by atoms with Gasteiger partial charge in [-0.1, -0.05) is 29.3 Å². The minimum absolute atomic E-state index is 0.0307. The number of hydrogen-bond donors (Lipinski definition) is 0. The predicted octanol–water partition coefficient (Wildman–Crippen LogP) is 4.16. The molecule has 0 spiro atoms. The second kappa shape index (κ2) is 6.30. The van der Waals surface area contributed by atoms with Gasteiger partial charge in [-0.25, -0.2) is 4.79 Å². The lowest BCUT2D eigenvalue weighted by Gasteiger charge is -2.14. The van der Waals surface area contributed by atoms with Crippen LogP contribution in [0.1, 0.15) is 10.4 Å². The SMILES string of the molecule is COC(=O)c1ccc2c(Cl)cc(Cl)c(OS(=O)(=O)C(F)(F)F)c2c1. The monoisotopic (exact) mass is 402 g/mol. The summed E-state index contributed by atoms with van der Waals surface area (Å²) in [7, 11) is -4.86. The number of esters is 1. The molecule has 0 amide bonds. The van der Waals surface area contributed by atoms with Crippen molar-refractivity contribution in [3.8, 4) is 5.75 Å². The largest absolute Gasteiger partial charge is 0.534 e. The van der Waals surface area contributed by atoms with Gasteiger partial charge in [-0.15, -0.1) is 0 Å². The summed E-state index contributed by atoms with van der Waals surface area (Å²) in [6, 6.07) is 4.70. The summed E-state index contributed by atoms with van der Waals surface area (Å²) in [5.74, 6) is -1.59. The van der Waals surface area contributed by atoms with E-state index < -0.39 is 32.4 Å². The normalized spacial score (nSPS) is 12.2. The molecule has 0 unspecified atom stereocenters. The maximum absolute atomic E-state index is 12.5. The van der Waals surface area contributed by atoms with E-state index in [2.05, 4.69) is 8.92 Å². The summed E-state index contributed by atoms with van der Waals surface area (Å²) in [5, 5.41) is -0.491. The molecule has 0 bridgehead atoms. The lowest BCUT2D eigenvalue weighted by molar-refractivity contribution is -0.0499. The Morgan fingerprint density at radius 3 is 2.25 bits per heavy atom. The van der Waals surface area contributed by atoms with Crippen LogP contribution in [0.5, 0.6) is 5.75 Å². The number of alkyl halides is 3. The Hall–Kier alpha value is -1.71. The van der Waals surface area contributed by atoms with Crippen LogP contribution in [0, 0.1) is 0 Å². The first-order chi connectivity index (χ1) is 11.0. The molecule has 0 aromatic heterocycles. The molecule has 0 N–H and O–H groups in total. The average molecular weight is 403 g/mol. The van der Waals surface area contributed by atoms with E-state index in [0.717, 1.165) is 19.2 Å². The number of carbonyl (C=O) groups excluding carboxylic acids is 1. The van der Waals surface area contributed by atoms with E-state index in [1.54, 1.807) is 0 Å². The Morgan fingerprint density at radius 2 is 1.71 bits per heavy atom. The second-order valence-corrected chi connectivity index (χ2v) is 6.76. The maximum Gasteiger partial charge on any atom is 0.534 e. The molecule has 0 atom stereocenters. The fourth-order valence-corrected chi connectivity index (χ4v) is 2.93. The van der Waals surface area contributed by atoms with Crippen molar-refractivity contribution < 1.29 is 35.3 Å². The van der Waals surface area contributed by atoms with Crippen LogP contribution in [0.3, 0.4) is 0 Å². The van der Waals surface area contributed by atoms with Crippen LogP contribution in [-0.4, -0.2) is 27.0 Å². The Balaban J connectivity index is 2.75. The van der Waals surface area contributed by atoms with Crippen LogP contribution < -0.4 is 4.18 Å². The van der Waals surface area contributed by atoms with E-state index >= 15 is 0 Å². The van der Waals surface area contributed by atoms with Gasteiger partial charge >= 0.3 is 21.6 Å². The molecule has 2 aromatic carbocycles. The fraction of sp³-hybridized carbons (Fsp3) is 0.154. The van der Waals surface area contributed by atoms with E-state index in [0.29, 0.717) is 0 Å². The van der Waals surface area contributed by atoms with Crippen LogP contribution in [0.15, 0.2) is 24.3 Å². The van der Waals surface area contributed by atoms with Gasteiger partial charge in [0.15, 0.2) is 5.75 Å². The van der Waals surface area contributed by atoms with Gasteiger partial charge in [-0.05, 0) is 18.2 Å². The summed E-state index contributed by atoms with van der Waals surface area (Å²) in [6.07, 6.45) is 0. The highest BCUT2D eigenvalue weighted by molar-refractivity contribution is 7.88. The molecule has 0 heterocycles. The third-order valence-corrected chi connectivity index (χ3v) is 4.44. The Morgan fingerprint density at radius 1 is 1.08 bits per heavy atom. The number of ether oxygens (including phenoxy) is 1. The van der Waals surface area contributed by atoms with Crippen molar-refractivity contribution in [1.29, 1.82) is 0 Å². The van der Waals surface area contributed by atoms with Crippen molar-refractivity contribution in [3.63, 3.8) is 0 Å². The van der Waals surface area contributed by atoms with Gasteiger partial charge in [0.05, 0.1) is 22.7 Å². The first kappa shape index (κ1) is 18.6. The number of rotatable bonds is 3. The topological polar surface area (TPSA) is 69.7 Å². The van der Waals surface area contributed by atoms with Gasteiger partial charge < -0.3 is 8.92 Å². The summed E-state index contributed by atoms with van der Waals surface area (Å²) in [5.41, 5.74) is -5.71. The van der Waals surface area contributed by atoms with Crippen molar-refractivity contribution in [3.05, 3.63) is 39.9 Å². The van der Waals surface area contributed by atoms with E-state index in [1.165, 1.54) is 12.1 Å². The van der Waals surface area contributed by atoms with Gasteiger partial charge in [0.25, 0.3) is 0 Å². The van der Waals surface area contributed by atoms with Crippen molar-refractivity contribution in [2.45, 2.75) is 5.51 Å². The molecular formula is C13H7Cl2F3O5S. The number of methoxy groups -OCH3 is 1. The molecule has 0 saturated carbocycles. The smallest absolute Gasteiger partial charge is 0.465 e. The minimum atomic E-state index is -5.96. The highest BCUT2D eigenvalue weighted by Crippen LogP contribution is 2.41. The van der Waals surface area contributed by atoms with E-state index in [4.69, 9.17) is 23.2 Å². The molecule has 130 valence electrons. The van der Waals surface area contributed by atoms with Crippen LogP contribution in [0.4, 0.5) is 13.2 Å². The fourth-order valence-electron chi connectivity index (χ4n) is 1.81. The van der Waals surface area contributed by atoms with Gasteiger partial charge in [0.2, 0.25) is 0 Å². The molecule has 0 aliphatic carbocycles. The second-order valence-electron chi connectivity index (χ2n) is 4.40. The van der Waals surface area contributed by atoms with Gasteiger partial charge in [0, 0.05) is 10.8 Å². The van der Waals surface area contributed by atoms with Crippen molar-refractivity contribution in [2.24, 2.45) is 0 Å². The van der Waals surface area contributed by atoms with Crippen molar-refractivity contribution >= 4 is 50.1 Å². The Bertz CT molecular complexity index is 925. The summed E-state index contributed by atoms with van der Waals surface area (Å²) in [4.78, 5) is 11.6. The Kier molecular flexibility index (Phi) is 4.89. The number of benzene rings is 2. The van der Waals surface area contributed by atoms with Crippen LogP contribution in [0.2, 0.25) is 10.0 Å². The molecule has 5 nitrogen and oxygen atoms in total. The van der Waals surface area contributed by atoms with Crippen molar-refractivity contribution in [1.82, 2.24) is 0 Å². The number of halogens is 5. The molecule has 0 saturated heterocycles. The number of hydrogen-bond acceptors (Lipinski definition) is 5. The van der Waals surface area contributed by atoms with Gasteiger partial charge in [0.1, 0.15) is 0 Å². The molecule has 0 aliphatic rings. The third-order valence-electron chi connectivity index (χ3n) is 2.89. The van der Waals surface area contributed by atoms with Crippen LogP contribution in [-0.2, 0) is 14.9 Å². The predicted molar refractivity (Wildman–Crippen MR) is 80.9 cm³/mol. The lowest BCUT2D eigenvalue weighted by Crippen LogP contribution is -2.28. The summed E-state index contributed by atoms with van der Waals surface area (Å²) in [6.45, 7) is 0. The van der Waals surface area contributed by atoms with Crippen LogP contribution in [0.25, 0.3) is 10.8 Å². The quantitative estimate of drug-likeness (QED) is 0.437. The lowest BCUT2D eigenvalue weighted by atomic mass is 10.1. The Labute approximate surface area is 144 Å². The molecule has 24 heavy (non-hydrogen) atoms. The zero-order valence-corrected chi connectivity index (χ0v) is 14.0. The molecule has 0 aliphatic heterocycles. The molecule has 2 aromatic rings. The van der Waals surface area contributed by atoms with Gasteiger partial charge in [-0.2, -0.15) is 21.6 Å². The van der Waals surface area contributed by atoms with Crippen molar-refractivity contribution in [2.75, 3.05) is 7.11 Å². The molecule has 0 radical (unpaired) electrons. The zero-order chi connectivity index (χ0) is 18.3. The summed E-state index contributed by atoms with van der Waals surface area (Å²) < 4.78 is 68.7. The molecule has 2 rings (SSSR count). The number of fused-ring (bicyclic) bond motifs is 1. The zero-order valence-electron chi connectivity index (χ0n) is 11.6. The average Bonchev–Trinajstić information content (AvgIpc) is 2.49. The van der Waals surface area contributed by atoms with E-state index in [1.807, 2.05) is 0 Å². The van der Waals surface area contributed by atoms with Gasteiger partial charge in [-0.3, -0.25) is 0 Å². The van der Waals surface area contributed by atoms with E-state index in [9.17, 15) is 26.4 Å². The standard InChI is InChI=1S/C13H7Cl2F3O5S/c1-22-12(19)6-2-3-7-8(4-6)11(10(15)5-9(7)14)23-24(20,21)13(16,17)18/h2-5H,1H3. The highest BCUT2D eigenvalue weighted by atomic mass is 35.5. The molecular weight excluding hydrogens is 396 g/mol. The maximum atomic E-state index is 12.5. The van der Waals surface area contributed by atoms with Crippen LogP contribution >= 0.6 is 23.2 Å². The molecule has 11 heteroatoms. The highest BCUT2D eigenvalue weighted by Gasteiger charge is 2.49. The first-order valence-electron chi connectivity index (χ1n) is 5.99. The minimum Gasteiger partial charge on any atom is -0.465 e. The van der Waals surface area contributed by atoms with E-state index in [-0.39, 0.29) is 21.4 Å². The third kappa shape index (κ3) is 3.38. The first-order valence-corrected chi connectivity index (χ1v) is 8.15.